The van der Waals surface area contributed by atoms with Crippen LogP contribution in [0.15, 0.2) is 4.79 Å². The highest BCUT2D eigenvalue weighted by Crippen LogP contribution is 2.30. The first-order chi connectivity index (χ1) is 7.57. The average molecular weight is 220 g/mol. The van der Waals surface area contributed by atoms with Gasteiger partial charge >= 0.3 is 0 Å². The molecule has 1 aliphatic carbocycles. The molecule has 0 unspecified atom stereocenters. The van der Waals surface area contributed by atoms with E-state index in [2.05, 4.69) is 0 Å². The van der Waals surface area contributed by atoms with Crippen LogP contribution >= 0.6 is 0 Å². The van der Waals surface area contributed by atoms with Gasteiger partial charge in [-0.3, -0.25) is 9.36 Å². The molecule has 1 heterocycles. The van der Waals surface area contributed by atoms with Crippen LogP contribution in [0.3, 0.4) is 0 Å². The van der Waals surface area contributed by atoms with Crippen LogP contribution < -0.4 is 5.56 Å². The van der Waals surface area contributed by atoms with Crippen LogP contribution in [0, 0.1) is 5.41 Å². The van der Waals surface area contributed by atoms with E-state index in [4.69, 9.17) is 5.41 Å². The fraction of sp³-hybridized carbons (Fsp3) is 0.500. The lowest BCUT2D eigenvalue weighted by atomic mass is 10.0. The maximum Gasteiger partial charge on any atom is 0.262 e. The van der Waals surface area contributed by atoms with Gasteiger partial charge in [-0.2, -0.15) is 0 Å². The SMILES string of the molecule is CCn1c(O)c2c(c(C(C)=N)c1=O)CCC2. The largest absolute Gasteiger partial charge is 0.494 e. The van der Waals surface area contributed by atoms with Gasteiger partial charge in [0.05, 0.1) is 5.56 Å². The van der Waals surface area contributed by atoms with Gasteiger partial charge < -0.3 is 10.5 Å². The highest BCUT2D eigenvalue weighted by atomic mass is 16.3. The quantitative estimate of drug-likeness (QED) is 0.741. The molecule has 0 saturated carbocycles. The van der Waals surface area contributed by atoms with Crippen LogP contribution in [0.4, 0.5) is 0 Å². The summed E-state index contributed by atoms with van der Waals surface area (Å²) in [6.45, 7) is 3.90. The lowest BCUT2D eigenvalue weighted by molar-refractivity contribution is 0.405. The number of rotatable bonds is 2. The van der Waals surface area contributed by atoms with Gasteiger partial charge in [-0.1, -0.05) is 0 Å². The minimum Gasteiger partial charge on any atom is -0.494 e. The molecule has 0 amide bonds. The van der Waals surface area contributed by atoms with Gasteiger partial charge in [-0.15, -0.1) is 0 Å². The molecule has 86 valence electrons. The Bertz CT molecular complexity index is 515. The maximum absolute atomic E-state index is 12.1. The molecule has 2 N–H and O–H groups in total. The van der Waals surface area contributed by atoms with Crippen LogP contribution in [0.5, 0.6) is 5.88 Å². The molecule has 16 heavy (non-hydrogen) atoms. The van der Waals surface area contributed by atoms with Crippen molar-refractivity contribution in [2.45, 2.75) is 39.7 Å². The topological polar surface area (TPSA) is 66.1 Å². The van der Waals surface area contributed by atoms with E-state index in [1.807, 2.05) is 6.92 Å². The number of nitrogens with zero attached hydrogens (tertiary/aromatic N) is 1. The van der Waals surface area contributed by atoms with Gasteiger partial charge in [0, 0.05) is 17.8 Å². The van der Waals surface area contributed by atoms with E-state index >= 15 is 0 Å². The molecule has 0 aromatic carbocycles. The molecule has 1 aliphatic rings. The zero-order valence-corrected chi connectivity index (χ0v) is 9.63. The summed E-state index contributed by atoms with van der Waals surface area (Å²) in [6.07, 6.45) is 2.56. The van der Waals surface area contributed by atoms with Crippen LogP contribution in [-0.4, -0.2) is 15.4 Å². The fourth-order valence-corrected chi connectivity index (χ4v) is 2.47. The molecular formula is C12H16N2O2. The minimum absolute atomic E-state index is 0.102. The van der Waals surface area contributed by atoms with Crippen molar-refractivity contribution in [3.05, 3.63) is 27.0 Å². The van der Waals surface area contributed by atoms with Gasteiger partial charge in [0.2, 0.25) is 0 Å². The first-order valence-electron chi connectivity index (χ1n) is 5.61. The number of aromatic nitrogens is 1. The third-order valence-corrected chi connectivity index (χ3v) is 3.20. The highest BCUT2D eigenvalue weighted by molar-refractivity contribution is 5.97. The molecule has 1 aromatic heterocycles. The van der Waals surface area contributed by atoms with E-state index in [0.717, 1.165) is 30.4 Å². The van der Waals surface area contributed by atoms with Crippen molar-refractivity contribution in [2.24, 2.45) is 0 Å². The maximum atomic E-state index is 12.1. The predicted octanol–water partition coefficient (Wildman–Crippen LogP) is 1.45. The summed E-state index contributed by atoms with van der Waals surface area (Å²) in [5.74, 6) is 0.102. The van der Waals surface area contributed by atoms with Crippen LogP contribution in [0.25, 0.3) is 0 Å². The summed E-state index contributed by atoms with van der Waals surface area (Å²) in [5, 5.41) is 17.7. The van der Waals surface area contributed by atoms with Crippen molar-refractivity contribution < 1.29 is 5.11 Å². The first-order valence-corrected chi connectivity index (χ1v) is 5.61. The van der Waals surface area contributed by atoms with E-state index in [9.17, 15) is 9.90 Å². The second-order valence-corrected chi connectivity index (χ2v) is 4.18. The van der Waals surface area contributed by atoms with Crippen molar-refractivity contribution in [3.8, 4) is 5.88 Å². The number of aromatic hydroxyl groups is 1. The molecule has 0 radical (unpaired) electrons. The molecule has 0 bridgehead atoms. The van der Waals surface area contributed by atoms with Gasteiger partial charge in [0.25, 0.3) is 5.56 Å². The molecule has 1 aromatic rings. The minimum atomic E-state index is -0.229. The van der Waals surface area contributed by atoms with Crippen molar-refractivity contribution >= 4 is 5.71 Å². The summed E-state index contributed by atoms with van der Waals surface area (Å²) < 4.78 is 1.36. The molecule has 2 rings (SSSR count). The Morgan fingerprint density at radius 1 is 1.44 bits per heavy atom. The lowest BCUT2D eigenvalue weighted by Gasteiger charge is -2.14. The predicted molar refractivity (Wildman–Crippen MR) is 62.6 cm³/mol. The Hall–Kier alpha value is -1.58. The Morgan fingerprint density at radius 3 is 2.62 bits per heavy atom. The summed E-state index contributed by atoms with van der Waals surface area (Å²) in [5.41, 5.74) is 2.31. The molecule has 4 nitrogen and oxygen atoms in total. The van der Waals surface area contributed by atoms with E-state index in [-0.39, 0.29) is 11.4 Å². The van der Waals surface area contributed by atoms with Crippen molar-refractivity contribution in [3.63, 3.8) is 0 Å². The van der Waals surface area contributed by atoms with Gasteiger partial charge in [-0.25, -0.2) is 0 Å². The normalized spacial score (nSPS) is 13.9. The summed E-state index contributed by atoms with van der Waals surface area (Å²) in [6, 6.07) is 0. The van der Waals surface area contributed by atoms with Gasteiger partial charge in [-0.05, 0) is 38.7 Å². The molecular weight excluding hydrogens is 204 g/mol. The molecule has 0 spiro atoms. The third-order valence-electron chi connectivity index (χ3n) is 3.20. The van der Waals surface area contributed by atoms with Crippen molar-refractivity contribution in [1.82, 2.24) is 4.57 Å². The Morgan fingerprint density at radius 2 is 2.06 bits per heavy atom. The second-order valence-electron chi connectivity index (χ2n) is 4.18. The van der Waals surface area contributed by atoms with E-state index < -0.39 is 0 Å². The van der Waals surface area contributed by atoms with Crippen LogP contribution in [-0.2, 0) is 19.4 Å². The summed E-state index contributed by atoms with van der Waals surface area (Å²) in [7, 11) is 0. The molecule has 0 saturated heterocycles. The van der Waals surface area contributed by atoms with Crippen LogP contribution in [0.1, 0.15) is 37.0 Å². The summed E-state index contributed by atoms with van der Waals surface area (Å²) >= 11 is 0. The first kappa shape index (κ1) is 10.9. The molecule has 0 atom stereocenters. The zero-order valence-electron chi connectivity index (χ0n) is 9.63. The molecule has 0 fully saturated rings. The molecule has 0 aliphatic heterocycles. The fourth-order valence-electron chi connectivity index (χ4n) is 2.47. The standard InChI is InChI=1S/C12H16N2O2/c1-3-14-11(15)9-6-4-5-8(9)10(7(2)13)12(14)16/h13,15H,3-6H2,1-2H3. The van der Waals surface area contributed by atoms with Crippen molar-refractivity contribution in [1.29, 1.82) is 5.41 Å². The smallest absolute Gasteiger partial charge is 0.262 e. The highest BCUT2D eigenvalue weighted by Gasteiger charge is 2.24. The van der Waals surface area contributed by atoms with E-state index in [0.29, 0.717) is 17.8 Å². The Labute approximate surface area is 94.1 Å². The van der Waals surface area contributed by atoms with E-state index in [1.165, 1.54) is 4.57 Å². The zero-order chi connectivity index (χ0) is 11.9. The number of fused-ring (bicyclic) bond motifs is 1. The Balaban J connectivity index is 2.85. The lowest BCUT2D eigenvalue weighted by Crippen LogP contribution is -2.27. The number of hydrogen-bond donors (Lipinski definition) is 2. The van der Waals surface area contributed by atoms with E-state index in [1.54, 1.807) is 6.92 Å². The van der Waals surface area contributed by atoms with Gasteiger partial charge in [0.15, 0.2) is 5.88 Å². The number of nitrogens with one attached hydrogen (secondary N) is 1. The monoisotopic (exact) mass is 220 g/mol. The average Bonchev–Trinajstić information content (AvgIpc) is 2.66. The number of hydrogen-bond acceptors (Lipinski definition) is 3. The third kappa shape index (κ3) is 1.37. The second kappa shape index (κ2) is 3.77. The molecule has 4 heteroatoms. The Kier molecular flexibility index (Phi) is 2.58. The van der Waals surface area contributed by atoms with Crippen LogP contribution in [0.2, 0.25) is 0 Å². The summed E-state index contributed by atoms with van der Waals surface area (Å²) in [4.78, 5) is 12.1. The van der Waals surface area contributed by atoms with Crippen molar-refractivity contribution in [2.75, 3.05) is 0 Å². The van der Waals surface area contributed by atoms with Gasteiger partial charge in [0.1, 0.15) is 0 Å². The number of pyridine rings is 1.